The third-order valence-electron chi connectivity index (χ3n) is 3.25. The molecule has 0 bridgehead atoms. The Labute approximate surface area is 126 Å². The number of benzene rings is 1. The number of rotatable bonds is 2. The number of carbonyl (C=O) groups excluding carboxylic acids is 1. The number of nitrogens with two attached hydrogens (primary N) is 1. The number of carbonyl (C=O) groups is 1. The fraction of sp³-hybridized carbons (Fsp3) is 0.462. The monoisotopic (exact) mass is 350 g/mol. The highest BCUT2D eigenvalue weighted by atomic mass is 79.9. The number of amides is 1. The van der Waals surface area contributed by atoms with Gasteiger partial charge < -0.3 is 10.6 Å². The van der Waals surface area contributed by atoms with Gasteiger partial charge in [-0.25, -0.2) is 4.39 Å². The normalized spacial score (nSPS) is 18.9. The lowest BCUT2D eigenvalue weighted by Crippen LogP contribution is -2.42. The van der Waals surface area contributed by atoms with Gasteiger partial charge in [0.25, 0.3) is 5.91 Å². The van der Waals surface area contributed by atoms with E-state index in [9.17, 15) is 9.18 Å². The van der Waals surface area contributed by atoms with Gasteiger partial charge >= 0.3 is 0 Å². The minimum atomic E-state index is -0.403. The minimum Gasteiger partial charge on any atom is -0.338 e. The van der Waals surface area contributed by atoms with Gasteiger partial charge in [0.1, 0.15) is 5.82 Å². The number of hydrogen-bond acceptors (Lipinski definition) is 2. The maximum atomic E-state index is 13.3. The quantitative estimate of drug-likeness (QED) is 0.890. The third-order valence-corrected chi connectivity index (χ3v) is 3.71. The number of piperidine rings is 1. The molecule has 0 aliphatic carbocycles. The molecule has 19 heavy (non-hydrogen) atoms. The Balaban J connectivity index is 0.00000180. The van der Waals surface area contributed by atoms with Gasteiger partial charge in [0.15, 0.2) is 0 Å². The summed E-state index contributed by atoms with van der Waals surface area (Å²) >= 11 is 3.20. The first kappa shape index (κ1) is 16.4. The van der Waals surface area contributed by atoms with Gasteiger partial charge in [-0.05, 0) is 43.5 Å². The van der Waals surface area contributed by atoms with Crippen LogP contribution in [0.2, 0.25) is 0 Å². The predicted molar refractivity (Wildman–Crippen MR) is 79.0 cm³/mol. The smallest absolute Gasteiger partial charge is 0.254 e. The molecule has 1 fully saturated rings. The Morgan fingerprint density at radius 2 is 2.21 bits per heavy atom. The summed E-state index contributed by atoms with van der Waals surface area (Å²) in [6, 6.07) is 4.27. The van der Waals surface area contributed by atoms with Crippen molar-refractivity contribution in [3.8, 4) is 0 Å². The van der Waals surface area contributed by atoms with Crippen molar-refractivity contribution in [2.45, 2.75) is 12.8 Å². The molecule has 0 spiro atoms. The lowest BCUT2D eigenvalue weighted by Gasteiger charge is -2.32. The van der Waals surface area contributed by atoms with Gasteiger partial charge in [0, 0.05) is 23.1 Å². The Bertz CT molecular complexity index is 438. The molecule has 3 nitrogen and oxygen atoms in total. The van der Waals surface area contributed by atoms with Crippen LogP contribution >= 0.6 is 28.3 Å². The van der Waals surface area contributed by atoms with Gasteiger partial charge in [-0.3, -0.25) is 4.79 Å². The van der Waals surface area contributed by atoms with E-state index in [0.717, 1.165) is 19.4 Å². The van der Waals surface area contributed by atoms with Crippen molar-refractivity contribution < 1.29 is 9.18 Å². The van der Waals surface area contributed by atoms with Crippen LogP contribution in [0.3, 0.4) is 0 Å². The molecule has 1 aromatic rings. The van der Waals surface area contributed by atoms with Crippen LogP contribution in [0.15, 0.2) is 22.7 Å². The first-order chi connectivity index (χ1) is 8.60. The zero-order chi connectivity index (χ0) is 13.1. The largest absolute Gasteiger partial charge is 0.338 e. The molecule has 1 atom stereocenters. The van der Waals surface area contributed by atoms with Crippen molar-refractivity contribution in [3.05, 3.63) is 34.1 Å². The van der Waals surface area contributed by atoms with Crippen LogP contribution < -0.4 is 5.73 Å². The summed E-state index contributed by atoms with van der Waals surface area (Å²) in [4.78, 5) is 14.0. The highest BCUT2D eigenvalue weighted by molar-refractivity contribution is 9.10. The van der Waals surface area contributed by atoms with Crippen molar-refractivity contribution >= 4 is 34.2 Å². The molecule has 106 valence electrons. The van der Waals surface area contributed by atoms with Crippen LogP contribution in [0.5, 0.6) is 0 Å². The van der Waals surface area contributed by atoms with Gasteiger partial charge in [0.2, 0.25) is 0 Å². The van der Waals surface area contributed by atoms with E-state index in [1.54, 1.807) is 11.0 Å². The molecule has 0 aromatic heterocycles. The van der Waals surface area contributed by atoms with Crippen LogP contribution in [0, 0.1) is 11.7 Å². The van der Waals surface area contributed by atoms with Crippen molar-refractivity contribution in [1.29, 1.82) is 0 Å². The Morgan fingerprint density at radius 3 is 2.84 bits per heavy atom. The van der Waals surface area contributed by atoms with Crippen molar-refractivity contribution in [2.75, 3.05) is 19.6 Å². The molecule has 2 rings (SSSR count). The van der Waals surface area contributed by atoms with Crippen LogP contribution in [0.4, 0.5) is 4.39 Å². The zero-order valence-electron chi connectivity index (χ0n) is 10.4. The molecule has 1 aliphatic heterocycles. The number of hydrogen-bond donors (Lipinski definition) is 1. The molecule has 0 saturated carbocycles. The van der Waals surface area contributed by atoms with Crippen LogP contribution in [-0.2, 0) is 0 Å². The second kappa shape index (κ2) is 7.22. The molecule has 2 N–H and O–H groups in total. The molecule has 1 amide bonds. The van der Waals surface area contributed by atoms with Crippen LogP contribution in [-0.4, -0.2) is 30.4 Å². The highest BCUT2D eigenvalue weighted by Gasteiger charge is 2.24. The summed E-state index contributed by atoms with van der Waals surface area (Å²) in [7, 11) is 0. The molecule has 1 heterocycles. The van der Waals surface area contributed by atoms with Crippen molar-refractivity contribution in [3.63, 3.8) is 0 Å². The first-order valence-corrected chi connectivity index (χ1v) is 6.85. The van der Waals surface area contributed by atoms with Crippen LogP contribution in [0.25, 0.3) is 0 Å². The molecule has 0 radical (unpaired) electrons. The molecule has 1 aromatic carbocycles. The fourth-order valence-corrected chi connectivity index (χ4v) is 2.77. The topological polar surface area (TPSA) is 46.3 Å². The molecule has 1 unspecified atom stereocenters. The minimum absolute atomic E-state index is 0. The van der Waals surface area contributed by atoms with E-state index < -0.39 is 5.82 Å². The van der Waals surface area contributed by atoms with Crippen molar-refractivity contribution in [1.82, 2.24) is 4.90 Å². The van der Waals surface area contributed by atoms with E-state index in [0.29, 0.717) is 29.0 Å². The second-order valence-corrected chi connectivity index (χ2v) is 5.57. The number of halogens is 3. The number of nitrogens with zero attached hydrogens (tertiary/aromatic N) is 1. The average molecular weight is 352 g/mol. The fourth-order valence-electron chi connectivity index (χ4n) is 2.30. The molecular formula is C13H17BrClFN2O. The van der Waals surface area contributed by atoms with Gasteiger partial charge in [-0.15, -0.1) is 12.4 Å². The predicted octanol–water partition coefficient (Wildman–Crippen LogP) is 2.82. The summed E-state index contributed by atoms with van der Waals surface area (Å²) in [6.45, 7) is 1.99. The van der Waals surface area contributed by atoms with E-state index in [2.05, 4.69) is 15.9 Å². The lowest BCUT2D eigenvalue weighted by molar-refractivity contribution is 0.0677. The molecule has 6 heteroatoms. The van der Waals surface area contributed by atoms with Crippen molar-refractivity contribution in [2.24, 2.45) is 11.7 Å². The Hall–Kier alpha value is -0.650. The summed E-state index contributed by atoms with van der Waals surface area (Å²) in [5.74, 6) is -0.159. The Kier molecular flexibility index (Phi) is 6.23. The average Bonchev–Trinajstić information content (AvgIpc) is 2.37. The maximum Gasteiger partial charge on any atom is 0.254 e. The second-order valence-electron chi connectivity index (χ2n) is 4.65. The highest BCUT2D eigenvalue weighted by Crippen LogP contribution is 2.20. The van der Waals surface area contributed by atoms with Gasteiger partial charge in [-0.1, -0.05) is 15.9 Å². The van der Waals surface area contributed by atoms with Gasteiger partial charge in [0.05, 0.1) is 0 Å². The van der Waals surface area contributed by atoms with Gasteiger partial charge in [-0.2, -0.15) is 0 Å². The Morgan fingerprint density at radius 1 is 1.47 bits per heavy atom. The van der Waals surface area contributed by atoms with E-state index in [4.69, 9.17) is 5.73 Å². The zero-order valence-corrected chi connectivity index (χ0v) is 12.8. The maximum absolute atomic E-state index is 13.3. The third kappa shape index (κ3) is 4.16. The summed E-state index contributed by atoms with van der Waals surface area (Å²) in [5.41, 5.74) is 6.04. The van der Waals surface area contributed by atoms with E-state index in [1.165, 1.54) is 12.1 Å². The lowest BCUT2D eigenvalue weighted by atomic mass is 9.97. The summed E-state index contributed by atoms with van der Waals surface area (Å²) < 4.78 is 13.9. The molecule has 1 aliphatic rings. The first-order valence-electron chi connectivity index (χ1n) is 6.05. The van der Waals surface area contributed by atoms with Crippen LogP contribution in [0.1, 0.15) is 23.2 Å². The summed E-state index contributed by atoms with van der Waals surface area (Å²) in [6.07, 6.45) is 2.03. The number of likely N-dealkylation sites (tertiary alicyclic amines) is 1. The SMILES string of the molecule is Cl.NCC1CCCN(C(=O)c2cc(F)cc(Br)c2)C1. The molecular weight excluding hydrogens is 335 g/mol. The van der Waals surface area contributed by atoms with E-state index in [1.807, 2.05) is 0 Å². The summed E-state index contributed by atoms with van der Waals surface area (Å²) in [5, 5.41) is 0. The van der Waals surface area contributed by atoms with E-state index >= 15 is 0 Å². The molecule has 1 saturated heterocycles. The van der Waals surface area contributed by atoms with E-state index in [-0.39, 0.29) is 18.3 Å². The standard InChI is InChI=1S/C13H16BrFN2O.ClH/c14-11-4-10(5-12(15)6-11)13(18)17-3-1-2-9(7-16)8-17;/h4-6,9H,1-3,7-8,16H2;1H.